The number of carbonyl (C=O) groups excluding carboxylic acids is 1. The molecule has 0 spiro atoms. The molecule has 33 heavy (non-hydrogen) atoms. The molecule has 1 aliphatic heterocycles. The summed E-state index contributed by atoms with van der Waals surface area (Å²) in [5, 5.41) is 2.79. The van der Waals surface area contributed by atoms with Crippen molar-refractivity contribution in [2.45, 2.75) is 12.6 Å². The van der Waals surface area contributed by atoms with E-state index in [0.717, 1.165) is 28.2 Å². The van der Waals surface area contributed by atoms with Crippen molar-refractivity contribution in [2.75, 3.05) is 24.3 Å². The van der Waals surface area contributed by atoms with Crippen LogP contribution in [0.5, 0.6) is 0 Å². The van der Waals surface area contributed by atoms with Crippen molar-refractivity contribution in [1.82, 2.24) is 9.47 Å². The molecule has 0 saturated carbocycles. The fraction of sp³-hybridized carbons (Fsp3) is 0.148. The van der Waals surface area contributed by atoms with Crippen molar-refractivity contribution in [3.8, 4) is 5.69 Å². The second-order valence-corrected chi connectivity index (χ2v) is 8.36. The lowest BCUT2D eigenvalue weighted by molar-refractivity contribution is 0.194. The van der Waals surface area contributed by atoms with Gasteiger partial charge in [0.25, 0.3) is 0 Å². The van der Waals surface area contributed by atoms with Gasteiger partial charge in [-0.15, -0.1) is 0 Å². The number of hydrogen-bond donors (Lipinski definition) is 1. The van der Waals surface area contributed by atoms with Gasteiger partial charge in [0, 0.05) is 31.7 Å². The minimum Gasteiger partial charge on any atom is -0.378 e. The second kappa shape index (κ2) is 8.47. The monoisotopic (exact) mass is 440 g/mol. The van der Waals surface area contributed by atoms with Crippen LogP contribution >= 0.6 is 0 Å². The minimum atomic E-state index is -0.462. The number of rotatable bonds is 3. The Kier molecular flexibility index (Phi) is 5.34. The second-order valence-electron chi connectivity index (χ2n) is 8.36. The van der Waals surface area contributed by atoms with Gasteiger partial charge in [0.15, 0.2) is 0 Å². The van der Waals surface area contributed by atoms with E-state index in [1.54, 1.807) is 23.1 Å². The zero-order chi connectivity index (χ0) is 22.9. The highest BCUT2D eigenvalue weighted by molar-refractivity contribution is 5.90. The van der Waals surface area contributed by atoms with Crippen LogP contribution in [0, 0.1) is 5.82 Å². The highest BCUT2D eigenvalue weighted by Crippen LogP contribution is 2.37. The fourth-order valence-electron chi connectivity index (χ4n) is 4.39. The summed E-state index contributed by atoms with van der Waals surface area (Å²) >= 11 is 0. The van der Waals surface area contributed by atoms with Crippen LogP contribution in [0.2, 0.25) is 0 Å². The number of anilines is 2. The molecule has 166 valence electrons. The summed E-state index contributed by atoms with van der Waals surface area (Å²) in [7, 11) is 3.99. The van der Waals surface area contributed by atoms with Gasteiger partial charge in [0.05, 0.1) is 24.0 Å². The van der Waals surface area contributed by atoms with Crippen LogP contribution in [0.4, 0.5) is 20.6 Å². The molecule has 3 aromatic carbocycles. The van der Waals surface area contributed by atoms with E-state index in [-0.39, 0.29) is 17.8 Å². The normalized spacial score (nSPS) is 14.8. The van der Waals surface area contributed by atoms with Crippen molar-refractivity contribution in [2.24, 2.45) is 0 Å². The number of amides is 2. The van der Waals surface area contributed by atoms with Crippen molar-refractivity contribution < 1.29 is 9.18 Å². The third-order valence-electron chi connectivity index (χ3n) is 6.07. The van der Waals surface area contributed by atoms with Crippen LogP contribution < -0.4 is 10.2 Å². The van der Waals surface area contributed by atoms with Gasteiger partial charge in [-0.1, -0.05) is 42.5 Å². The van der Waals surface area contributed by atoms with Gasteiger partial charge in [-0.3, -0.25) is 0 Å². The van der Waals surface area contributed by atoms with E-state index < -0.39 is 5.82 Å². The van der Waals surface area contributed by atoms with Gasteiger partial charge in [-0.25, -0.2) is 9.18 Å². The number of hydrogen-bond acceptors (Lipinski definition) is 2. The van der Waals surface area contributed by atoms with E-state index in [9.17, 15) is 9.18 Å². The number of fused-ring (bicyclic) bond motifs is 3. The maximum atomic E-state index is 14.3. The van der Waals surface area contributed by atoms with Gasteiger partial charge >= 0.3 is 6.03 Å². The standard InChI is InChI=1S/C27H25FN4O/c1-30(2)21-15-13-19(14-16-21)26-25-12-7-17-31(25)24-11-6-3-8-20(24)18-32(26)27(33)29-23-10-5-4-9-22(23)28/h3-17,26H,18H2,1-2H3,(H,29,33)/t26-/m1/s1. The van der Waals surface area contributed by atoms with Crippen LogP contribution in [0.25, 0.3) is 5.69 Å². The molecule has 0 fully saturated rings. The highest BCUT2D eigenvalue weighted by Gasteiger charge is 2.33. The van der Waals surface area contributed by atoms with Gasteiger partial charge in [0.2, 0.25) is 0 Å². The number of nitrogens with zero attached hydrogens (tertiary/aromatic N) is 3. The first-order valence-electron chi connectivity index (χ1n) is 10.9. The number of halogens is 1. The molecule has 2 heterocycles. The van der Waals surface area contributed by atoms with Crippen LogP contribution in [0.15, 0.2) is 91.1 Å². The maximum absolute atomic E-state index is 14.3. The summed E-state index contributed by atoms with van der Waals surface area (Å²) in [6.07, 6.45) is 2.02. The molecule has 0 bridgehead atoms. The summed E-state index contributed by atoms with van der Waals surface area (Å²) in [6, 6.07) is 25.8. The molecular weight excluding hydrogens is 415 g/mol. The summed E-state index contributed by atoms with van der Waals surface area (Å²) in [5.41, 5.74) is 5.25. The molecule has 1 atom stereocenters. The molecule has 1 aliphatic rings. The van der Waals surface area contributed by atoms with Crippen molar-refractivity contribution in [3.05, 3.63) is 114 Å². The SMILES string of the molecule is CN(C)c1ccc([C@@H]2c3cccn3-c3ccccc3CN2C(=O)Nc2ccccc2F)cc1. The Morgan fingerprint density at radius 1 is 0.939 bits per heavy atom. The minimum absolute atomic E-state index is 0.164. The van der Waals surface area contributed by atoms with E-state index in [2.05, 4.69) is 28.1 Å². The number of benzene rings is 3. The van der Waals surface area contributed by atoms with Crippen molar-refractivity contribution in [3.63, 3.8) is 0 Å². The Hall–Kier alpha value is -4.06. The quantitative estimate of drug-likeness (QED) is 0.436. The van der Waals surface area contributed by atoms with E-state index in [1.807, 2.05) is 67.7 Å². The first-order chi connectivity index (χ1) is 16.0. The first kappa shape index (κ1) is 20.8. The Morgan fingerprint density at radius 3 is 2.42 bits per heavy atom. The number of nitrogens with one attached hydrogen (secondary N) is 1. The molecule has 0 radical (unpaired) electrons. The molecule has 2 amide bonds. The van der Waals surface area contributed by atoms with E-state index >= 15 is 0 Å². The van der Waals surface area contributed by atoms with Gasteiger partial charge in [-0.05, 0) is 53.6 Å². The fourth-order valence-corrected chi connectivity index (χ4v) is 4.39. The van der Waals surface area contributed by atoms with Gasteiger partial charge < -0.3 is 19.7 Å². The van der Waals surface area contributed by atoms with E-state index in [4.69, 9.17) is 0 Å². The molecule has 6 heteroatoms. The Labute approximate surface area is 192 Å². The molecule has 5 rings (SSSR count). The third kappa shape index (κ3) is 3.84. The Morgan fingerprint density at radius 2 is 1.67 bits per heavy atom. The molecule has 4 aromatic rings. The number of para-hydroxylation sites is 2. The first-order valence-corrected chi connectivity index (χ1v) is 10.9. The van der Waals surface area contributed by atoms with E-state index in [0.29, 0.717) is 6.54 Å². The average Bonchev–Trinajstić information content (AvgIpc) is 3.25. The van der Waals surface area contributed by atoms with Gasteiger partial charge in [0.1, 0.15) is 5.82 Å². The van der Waals surface area contributed by atoms with Crippen LogP contribution in [0.1, 0.15) is 22.9 Å². The lowest BCUT2D eigenvalue weighted by atomic mass is 10.0. The van der Waals surface area contributed by atoms with Gasteiger partial charge in [-0.2, -0.15) is 0 Å². The average molecular weight is 441 g/mol. The predicted molar refractivity (Wildman–Crippen MR) is 129 cm³/mol. The molecule has 0 aliphatic carbocycles. The Bertz CT molecular complexity index is 1300. The van der Waals surface area contributed by atoms with Crippen LogP contribution in [0.3, 0.4) is 0 Å². The third-order valence-corrected chi connectivity index (χ3v) is 6.07. The summed E-state index contributed by atoms with van der Waals surface area (Å²) in [4.78, 5) is 17.4. The summed E-state index contributed by atoms with van der Waals surface area (Å²) in [5.74, 6) is -0.462. The molecule has 1 N–H and O–H groups in total. The molecular formula is C27H25FN4O. The Balaban J connectivity index is 1.62. The number of carbonyl (C=O) groups is 1. The molecule has 1 aromatic heterocycles. The largest absolute Gasteiger partial charge is 0.378 e. The van der Waals surface area contributed by atoms with Crippen LogP contribution in [-0.2, 0) is 6.54 Å². The topological polar surface area (TPSA) is 40.5 Å². The highest BCUT2D eigenvalue weighted by atomic mass is 19.1. The summed E-state index contributed by atoms with van der Waals surface area (Å²) in [6.45, 7) is 0.387. The number of urea groups is 1. The zero-order valence-corrected chi connectivity index (χ0v) is 18.6. The lowest BCUT2D eigenvalue weighted by Crippen LogP contribution is -2.38. The maximum Gasteiger partial charge on any atom is 0.323 e. The summed E-state index contributed by atoms with van der Waals surface area (Å²) < 4.78 is 16.5. The van der Waals surface area contributed by atoms with Crippen LogP contribution in [-0.4, -0.2) is 29.6 Å². The molecule has 0 unspecified atom stereocenters. The molecule has 5 nitrogen and oxygen atoms in total. The number of aromatic nitrogens is 1. The lowest BCUT2D eigenvalue weighted by Gasteiger charge is -2.31. The van der Waals surface area contributed by atoms with E-state index in [1.165, 1.54) is 6.07 Å². The van der Waals surface area contributed by atoms with Crippen molar-refractivity contribution in [1.29, 1.82) is 0 Å². The smallest absolute Gasteiger partial charge is 0.323 e. The molecule has 0 saturated heterocycles. The van der Waals surface area contributed by atoms with Crippen molar-refractivity contribution >= 4 is 17.4 Å². The predicted octanol–water partition coefficient (Wildman–Crippen LogP) is 5.82. The zero-order valence-electron chi connectivity index (χ0n) is 18.6.